The summed E-state index contributed by atoms with van der Waals surface area (Å²) in [5.74, 6) is 1.53. The number of benzene rings is 1. The van der Waals surface area contributed by atoms with Crippen LogP contribution in [0.1, 0.15) is 19.3 Å². The van der Waals surface area contributed by atoms with Gasteiger partial charge in [0.1, 0.15) is 11.5 Å². The Morgan fingerprint density at radius 3 is 2.57 bits per heavy atom. The Labute approximate surface area is 131 Å². The molecule has 0 saturated carbocycles. The number of anilines is 1. The van der Waals surface area contributed by atoms with Crippen LogP contribution in [0.3, 0.4) is 0 Å². The first-order chi connectivity index (χ1) is 10.2. The third-order valence-electron chi connectivity index (χ3n) is 4.60. The van der Waals surface area contributed by atoms with E-state index < -0.39 is 0 Å². The van der Waals surface area contributed by atoms with Gasteiger partial charge in [-0.05, 0) is 25.8 Å². The van der Waals surface area contributed by atoms with Crippen LogP contribution in [0.2, 0.25) is 5.02 Å². The zero-order valence-electron chi connectivity index (χ0n) is 12.8. The van der Waals surface area contributed by atoms with E-state index in [0.29, 0.717) is 16.8 Å². The van der Waals surface area contributed by atoms with E-state index in [2.05, 4.69) is 9.80 Å². The molecule has 1 atom stereocenters. The number of nitrogens with zero attached hydrogens (tertiary/aromatic N) is 2. The summed E-state index contributed by atoms with van der Waals surface area (Å²) in [6.45, 7) is 4.56. The highest BCUT2D eigenvalue weighted by Gasteiger charge is 2.30. The maximum Gasteiger partial charge on any atom is 0.143 e. The lowest BCUT2D eigenvalue weighted by Gasteiger charge is -2.29. The molecule has 2 fully saturated rings. The normalized spacial score (nSPS) is 22.8. The maximum absolute atomic E-state index is 6.21. The molecular weight excluding hydrogens is 288 g/mol. The van der Waals surface area contributed by atoms with Crippen LogP contribution >= 0.6 is 11.6 Å². The van der Waals surface area contributed by atoms with Gasteiger partial charge >= 0.3 is 0 Å². The first kappa shape index (κ1) is 14.8. The van der Waals surface area contributed by atoms with Gasteiger partial charge in [-0.3, -0.25) is 4.90 Å². The van der Waals surface area contributed by atoms with Crippen molar-refractivity contribution in [3.8, 4) is 11.5 Å². The molecule has 1 unspecified atom stereocenters. The number of rotatable bonds is 3. The lowest BCUT2D eigenvalue weighted by Crippen LogP contribution is -2.36. The molecule has 0 bridgehead atoms. The van der Waals surface area contributed by atoms with Crippen molar-refractivity contribution in [2.24, 2.45) is 0 Å². The lowest BCUT2D eigenvalue weighted by molar-refractivity contribution is 0.273. The third kappa shape index (κ3) is 2.92. The Balaban J connectivity index is 1.90. The highest BCUT2D eigenvalue weighted by molar-refractivity contribution is 6.32. The highest BCUT2D eigenvalue weighted by Crippen LogP contribution is 2.39. The molecule has 0 N–H and O–H groups in total. The molecule has 2 heterocycles. The zero-order valence-corrected chi connectivity index (χ0v) is 13.5. The van der Waals surface area contributed by atoms with Gasteiger partial charge in [-0.1, -0.05) is 11.6 Å². The van der Waals surface area contributed by atoms with Crippen molar-refractivity contribution < 1.29 is 9.47 Å². The highest BCUT2D eigenvalue weighted by atomic mass is 35.5. The second-order valence-electron chi connectivity index (χ2n) is 5.79. The van der Waals surface area contributed by atoms with Crippen LogP contribution in [0.15, 0.2) is 12.1 Å². The molecule has 0 amide bonds. The van der Waals surface area contributed by atoms with Crippen LogP contribution in [0.4, 0.5) is 5.69 Å². The summed E-state index contributed by atoms with van der Waals surface area (Å²) in [5.41, 5.74) is 1.09. The minimum absolute atomic E-state index is 0.593. The predicted molar refractivity (Wildman–Crippen MR) is 86.0 cm³/mol. The summed E-state index contributed by atoms with van der Waals surface area (Å²) >= 11 is 6.21. The molecule has 2 aliphatic rings. The van der Waals surface area contributed by atoms with Crippen LogP contribution in [0.5, 0.6) is 11.5 Å². The van der Waals surface area contributed by atoms with Crippen LogP contribution in [-0.4, -0.2) is 51.3 Å². The first-order valence-corrected chi connectivity index (χ1v) is 8.01. The second kappa shape index (κ2) is 6.32. The smallest absolute Gasteiger partial charge is 0.143 e. The summed E-state index contributed by atoms with van der Waals surface area (Å²) in [4.78, 5) is 5.05. The van der Waals surface area contributed by atoms with Crippen molar-refractivity contribution >= 4 is 17.3 Å². The number of hydrogen-bond acceptors (Lipinski definition) is 4. The second-order valence-corrected chi connectivity index (χ2v) is 6.20. The van der Waals surface area contributed by atoms with Gasteiger partial charge in [0.05, 0.1) is 24.9 Å². The van der Waals surface area contributed by atoms with E-state index >= 15 is 0 Å². The van der Waals surface area contributed by atoms with E-state index in [1.807, 2.05) is 12.1 Å². The number of ether oxygens (including phenoxy) is 2. The van der Waals surface area contributed by atoms with Crippen LogP contribution < -0.4 is 14.4 Å². The fraction of sp³-hybridized carbons (Fsp3) is 0.625. The van der Waals surface area contributed by atoms with Crippen molar-refractivity contribution in [3.05, 3.63) is 17.2 Å². The van der Waals surface area contributed by atoms with E-state index in [0.717, 1.165) is 24.5 Å². The van der Waals surface area contributed by atoms with E-state index in [1.54, 1.807) is 14.2 Å². The summed E-state index contributed by atoms with van der Waals surface area (Å²) < 4.78 is 10.9. The molecule has 1 aromatic carbocycles. The average molecular weight is 311 g/mol. The molecule has 116 valence electrons. The largest absolute Gasteiger partial charge is 0.495 e. The third-order valence-corrected chi connectivity index (χ3v) is 4.89. The minimum atomic E-state index is 0.593. The summed E-state index contributed by atoms with van der Waals surface area (Å²) in [5, 5.41) is 0.593. The molecule has 2 saturated heterocycles. The number of halogens is 1. The van der Waals surface area contributed by atoms with E-state index in [1.165, 1.54) is 32.4 Å². The first-order valence-electron chi connectivity index (χ1n) is 7.63. The lowest BCUT2D eigenvalue weighted by atomic mass is 10.2. The molecule has 2 aliphatic heterocycles. The molecular formula is C16H23ClN2O2. The molecule has 0 spiro atoms. The summed E-state index contributed by atoms with van der Waals surface area (Å²) in [7, 11) is 3.35. The van der Waals surface area contributed by atoms with Crippen LogP contribution in [0, 0.1) is 0 Å². The molecule has 0 radical (unpaired) electrons. The van der Waals surface area contributed by atoms with Crippen molar-refractivity contribution in [3.63, 3.8) is 0 Å². The molecule has 1 aromatic rings. The van der Waals surface area contributed by atoms with E-state index in [4.69, 9.17) is 21.1 Å². The maximum atomic E-state index is 6.21. The quantitative estimate of drug-likeness (QED) is 0.857. The Morgan fingerprint density at radius 1 is 1.05 bits per heavy atom. The van der Waals surface area contributed by atoms with Gasteiger partial charge in [-0.2, -0.15) is 0 Å². The number of methoxy groups -OCH3 is 2. The Bertz CT molecular complexity index is 509. The fourth-order valence-electron chi connectivity index (χ4n) is 3.52. The van der Waals surface area contributed by atoms with Crippen molar-refractivity contribution in [1.82, 2.24) is 4.90 Å². The van der Waals surface area contributed by atoms with Gasteiger partial charge in [0, 0.05) is 37.8 Å². The topological polar surface area (TPSA) is 24.9 Å². The van der Waals surface area contributed by atoms with Gasteiger partial charge in [-0.25, -0.2) is 0 Å². The van der Waals surface area contributed by atoms with Crippen LogP contribution in [0.25, 0.3) is 0 Å². The SMILES string of the molecule is COc1cc(N2CCCN3CCCC3C2)c(OC)cc1Cl. The molecule has 0 aromatic heterocycles. The summed E-state index contributed by atoms with van der Waals surface area (Å²) in [6, 6.07) is 4.53. The standard InChI is InChI=1S/C16H23ClN2O2/c1-20-15-10-14(16(21-2)9-13(15)17)19-8-4-7-18-6-3-5-12(18)11-19/h9-10,12H,3-8,11H2,1-2H3. The molecule has 5 heteroatoms. The van der Waals surface area contributed by atoms with Gasteiger partial charge in [-0.15, -0.1) is 0 Å². The van der Waals surface area contributed by atoms with Crippen molar-refractivity contribution in [2.45, 2.75) is 25.3 Å². The van der Waals surface area contributed by atoms with Crippen LogP contribution in [-0.2, 0) is 0 Å². The minimum Gasteiger partial charge on any atom is -0.495 e. The fourth-order valence-corrected chi connectivity index (χ4v) is 3.75. The number of hydrogen-bond donors (Lipinski definition) is 0. The Hall–Kier alpha value is -1.13. The Morgan fingerprint density at radius 2 is 1.81 bits per heavy atom. The van der Waals surface area contributed by atoms with Gasteiger partial charge in [0.25, 0.3) is 0 Å². The average Bonchev–Trinajstić information content (AvgIpc) is 2.84. The summed E-state index contributed by atoms with van der Waals surface area (Å²) in [6.07, 6.45) is 3.80. The van der Waals surface area contributed by atoms with Crippen molar-refractivity contribution in [2.75, 3.05) is 45.3 Å². The zero-order chi connectivity index (χ0) is 14.8. The molecule has 0 aliphatic carbocycles. The Kier molecular flexibility index (Phi) is 4.45. The number of fused-ring (bicyclic) bond motifs is 1. The van der Waals surface area contributed by atoms with Gasteiger partial charge in [0.2, 0.25) is 0 Å². The molecule has 3 rings (SSSR count). The van der Waals surface area contributed by atoms with Gasteiger partial charge < -0.3 is 14.4 Å². The predicted octanol–water partition coefficient (Wildman–Crippen LogP) is 3.03. The monoisotopic (exact) mass is 310 g/mol. The molecule has 4 nitrogen and oxygen atoms in total. The van der Waals surface area contributed by atoms with Crippen molar-refractivity contribution in [1.29, 1.82) is 0 Å². The van der Waals surface area contributed by atoms with E-state index in [9.17, 15) is 0 Å². The van der Waals surface area contributed by atoms with E-state index in [-0.39, 0.29) is 0 Å². The van der Waals surface area contributed by atoms with Gasteiger partial charge in [0.15, 0.2) is 0 Å². The molecule has 21 heavy (non-hydrogen) atoms.